The summed E-state index contributed by atoms with van der Waals surface area (Å²) in [7, 11) is 0. The summed E-state index contributed by atoms with van der Waals surface area (Å²) in [5, 5.41) is 2.89. The Labute approximate surface area is 86.9 Å². The molecule has 1 fully saturated rings. The Bertz CT molecular complexity index is 190. The Balaban J connectivity index is 2.02. The predicted molar refractivity (Wildman–Crippen MR) is 48.5 cm³/mol. The molecule has 15 heavy (non-hydrogen) atoms. The van der Waals surface area contributed by atoms with Gasteiger partial charge in [0.05, 0.1) is 12.2 Å². The maximum atomic E-state index is 11.6. The van der Waals surface area contributed by atoms with Crippen molar-refractivity contribution < 1.29 is 22.6 Å². The summed E-state index contributed by atoms with van der Waals surface area (Å²) < 4.78 is 43.8. The minimum Gasteiger partial charge on any atom is -0.374 e. The van der Waals surface area contributed by atoms with E-state index in [1.807, 2.05) is 6.92 Å². The molecule has 1 aliphatic rings. The van der Waals surface area contributed by atoms with Crippen molar-refractivity contribution in [2.75, 3.05) is 26.3 Å². The fourth-order valence-corrected chi connectivity index (χ4v) is 1.57. The molecular weight excluding hydrogens is 211 g/mol. The monoisotopic (exact) mass is 227 g/mol. The van der Waals surface area contributed by atoms with Gasteiger partial charge in [0.15, 0.2) is 0 Å². The van der Waals surface area contributed by atoms with Crippen molar-refractivity contribution in [3.05, 3.63) is 0 Å². The largest absolute Gasteiger partial charge is 0.522 e. The molecule has 0 radical (unpaired) electrons. The first-order chi connectivity index (χ1) is 6.91. The van der Waals surface area contributed by atoms with Crippen LogP contribution < -0.4 is 5.32 Å². The second-order valence-corrected chi connectivity index (χ2v) is 3.87. The molecule has 0 aromatic heterocycles. The van der Waals surface area contributed by atoms with Gasteiger partial charge >= 0.3 is 6.36 Å². The van der Waals surface area contributed by atoms with Crippen molar-refractivity contribution in [3.8, 4) is 0 Å². The summed E-state index contributed by atoms with van der Waals surface area (Å²) in [6.45, 7) is 3.07. The standard InChI is InChI=1S/C9H16F3NO2/c1-8(3-2-5-14-8)7-13-4-6-15-9(10,11)12/h13H,2-7H2,1H3. The fraction of sp³-hybridized carbons (Fsp3) is 1.00. The highest BCUT2D eigenvalue weighted by Crippen LogP contribution is 2.23. The zero-order chi connectivity index (χ0) is 11.4. The van der Waals surface area contributed by atoms with Gasteiger partial charge in [-0.2, -0.15) is 0 Å². The number of nitrogens with one attached hydrogen (secondary N) is 1. The van der Waals surface area contributed by atoms with Crippen molar-refractivity contribution >= 4 is 0 Å². The van der Waals surface area contributed by atoms with Crippen LogP contribution in [0.1, 0.15) is 19.8 Å². The SMILES string of the molecule is CC1(CNCCOC(F)(F)F)CCCO1. The van der Waals surface area contributed by atoms with Crippen LogP contribution in [0.25, 0.3) is 0 Å². The maximum Gasteiger partial charge on any atom is 0.522 e. The van der Waals surface area contributed by atoms with Crippen molar-refractivity contribution in [3.63, 3.8) is 0 Å². The number of ether oxygens (including phenoxy) is 2. The smallest absolute Gasteiger partial charge is 0.374 e. The van der Waals surface area contributed by atoms with Gasteiger partial charge in [0.2, 0.25) is 0 Å². The van der Waals surface area contributed by atoms with Gasteiger partial charge in [-0.05, 0) is 19.8 Å². The maximum absolute atomic E-state index is 11.6. The van der Waals surface area contributed by atoms with Gasteiger partial charge in [-0.15, -0.1) is 13.2 Å². The van der Waals surface area contributed by atoms with E-state index in [-0.39, 0.29) is 18.8 Å². The number of hydrogen-bond acceptors (Lipinski definition) is 3. The molecule has 0 aliphatic carbocycles. The Morgan fingerprint density at radius 2 is 2.20 bits per heavy atom. The van der Waals surface area contributed by atoms with Gasteiger partial charge in [0.1, 0.15) is 0 Å². The molecule has 1 atom stereocenters. The van der Waals surface area contributed by atoms with E-state index in [2.05, 4.69) is 10.1 Å². The minimum atomic E-state index is -4.53. The molecule has 0 spiro atoms. The van der Waals surface area contributed by atoms with E-state index in [1.165, 1.54) is 0 Å². The third-order valence-electron chi connectivity index (χ3n) is 2.34. The molecule has 0 saturated carbocycles. The predicted octanol–water partition coefficient (Wildman–Crippen LogP) is 1.68. The molecule has 1 N–H and O–H groups in total. The Morgan fingerprint density at radius 1 is 1.47 bits per heavy atom. The molecule has 0 bridgehead atoms. The normalized spacial score (nSPS) is 27.2. The number of hydrogen-bond donors (Lipinski definition) is 1. The lowest BCUT2D eigenvalue weighted by molar-refractivity contribution is -0.323. The lowest BCUT2D eigenvalue weighted by atomic mass is 10.0. The lowest BCUT2D eigenvalue weighted by Crippen LogP contribution is -2.38. The number of alkyl halides is 3. The number of halogens is 3. The van der Waals surface area contributed by atoms with Crippen molar-refractivity contribution in [1.29, 1.82) is 0 Å². The van der Waals surface area contributed by atoms with Crippen molar-refractivity contribution in [2.24, 2.45) is 0 Å². The molecule has 1 saturated heterocycles. The van der Waals surface area contributed by atoms with E-state index in [0.29, 0.717) is 6.54 Å². The van der Waals surface area contributed by atoms with Gasteiger partial charge in [0.25, 0.3) is 0 Å². The van der Waals surface area contributed by atoms with E-state index < -0.39 is 6.36 Å². The van der Waals surface area contributed by atoms with Crippen molar-refractivity contribution in [2.45, 2.75) is 31.7 Å². The van der Waals surface area contributed by atoms with Gasteiger partial charge in [-0.3, -0.25) is 4.74 Å². The Morgan fingerprint density at radius 3 is 2.73 bits per heavy atom. The molecular formula is C9H16F3NO2. The minimum absolute atomic E-state index is 0.179. The molecule has 6 heteroatoms. The van der Waals surface area contributed by atoms with E-state index >= 15 is 0 Å². The summed E-state index contributed by atoms with van der Waals surface area (Å²) in [6.07, 6.45) is -2.58. The van der Waals surface area contributed by atoms with Crippen LogP contribution >= 0.6 is 0 Å². The van der Waals surface area contributed by atoms with E-state index in [9.17, 15) is 13.2 Å². The van der Waals surface area contributed by atoms with Crippen LogP contribution in [-0.2, 0) is 9.47 Å². The van der Waals surface area contributed by atoms with Gasteiger partial charge < -0.3 is 10.1 Å². The summed E-state index contributed by atoms with van der Waals surface area (Å²) in [5.74, 6) is 0. The first-order valence-corrected chi connectivity index (χ1v) is 4.97. The van der Waals surface area contributed by atoms with Crippen LogP contribution in [0.3, 0.4) is 0 Å². The zero-order valence-electron chi connectivity index (χ0n) is 8.69. The van der Waals surface area contributed by atoms with Gasteiger partial charge in [-0.25, -0.2) is 0 Å². The summed E-state index contributed by atoms with van der Waals surface area (Å²) in [6, 6.07) is 0. The second-order valence-electron chi connectivity index (χ2n) is 3.87. The molecule has 1 aliphatic heterocycles. The average molecular weight is 227 g/mol. The van der Waals surface area contributed by atoms with Crippen molar-refractivity contribution in [1.82, 2.24) is 5.32 Å². The van der Waals surface area contributed by atoms with E-state index in [0.717, 1.165) is 19.4 Å². The van der Waals surface area contributed by atoms with Gasteiger partial charge in [0, 0.05) is 19.7 Å². The summed E-state index contributed by atoms with van der Waals surface area (Å²) >= 11 is 0. The van der Waals surface area contributed by atoms with Crippen LogP contribution in [-0.4, -0.2) is 38.3 Å². The molecule has 3 nitrogen and oxygen atoms in total. The quantitative estimate of drug-likeness (QED) is 0.725. The molecule has 1 rings (SSSR count). The molecule has 1 heterocycles. The molecule has 0 aromatic carbocycles. The average Bonchev–Trinajstić information content (AvgIpc) is 2.50. The first kappa shape index (κ1) is 12.7. The van der Waals surface area contributed by atoms with Crippen LogP contribution in [0, 0.1) is 0 Å². The van der Waals surface area contributed by atoms with E-state index in [1.54, 1.807) is 0 Å². The first-order valence-electron chi connectivity index (χ1n) is 4.97. The van der Waals surface area contributed by atoms with Crippen LogP contribution in [0.4, 0.5) is 13.2 Å². The topological polar surface area (TPSA) is 30.5 Å². The third-order valence-corrected chi connectivity index (χ3v) is 2.34. The van der Waals surface area contributed by atoms with Gasteiger partial charge in [-0.1, -0.05) is 0 Å². The Hall–Kier alpha value is -0.330. The zero-order valence-corrected chi connectivity index (χ0v) is 8.69. The second kappa shape index (κ2) is 5.14. The summed E-state index contributed by atoms with van der Waals surface area (Å²) in [5.41, 5.74) is -0.224. The Kier molecular flexibility index (Phi) is 4.36. The molecule has 0 amide bonds. The van der Waals surface area contributed by atoms with Crippen LogP contribution in [0.15, 0.2) is 0 Å². The highest BCUT2D eigenvalue weighted by molar-refractivity contribution is 4.82. The van der Waals surface area contributed by atoms with Crippen LogP contribution in [0.5, 0.6) is 0 Å². The highest BCUT2D eigenvalue weighted by Gasteiger charge is 2.30. The lowest BCUT2D eigenvalue weighted by Gasteiger charge is -2.23. The molecule has 1 unspecified atom stereocenters. The fourth-order valence-electron chi connectivity index (χ4n) is 1.57. The summed E-state index contributed by atoms with van der Waals surface area (Å²) in [4.78, 5) is 0. The number of rotatable bonds is 5. The van der Waals surface area contributed by atoms with Crippen LogP contribution in [0.2, 0.25) is 0 Å². The highest BCUT2D eigenvalue weighted by atomic mass is 19.4. The van der Waals surface area contributed by atoms with E-state index in [4.69, 9.17) is 4.74 Å². The molecule has 90 valence electrons. The third kappa shape index (κ3) is 5.34. The molecule has 0 aromatic rings.